The molecule has 1 amide bonds. The molecule has 10 nitrogen and oxygen atoms in total. The zero-order valence-electron chi connectivity index (χ0n) is 21.8. The van der Waals surface area contributed by atoms with Gasteiger partial charge in [-0.3, -0.25) is 14.5 Å². The molecule has 2 heterocycles. The highest BCUT2D eigenvalue weighted by atomic mass is 32.2. The number of nitrogens with two attached hydrogens (primary N) is 1. The van der Waals surface area contributed by atoms with Crippen LogP contribution in [-0.4, -0.2) is 41.9 Å². The van der Waals surface area contributed by atoms with E-state index in [0.29, 0.717) is 51.5 Å². The summed E-state index contributed by atoms with van der Waals surface area (Å²) in [7, 11) is 3.12. The number of aromatic nitrogens is 2. The number of hydrogen-bond donors (Lipinski definition) is 2. The Morgan fingerprint density at radius 3 is 2.67 bits per heavy atom. The summed E-state index contributed by atoms with van der Waals surface area (Å²) in [6, 6.07) is 16.7. The lowest BCUT2D eigenvalue weighted by Crippen LogP contribution is -2.38. The lowest BCUT2D eigenvalue weighted by atomic mass is 9.76. The maximum atomic E-state index is 13.3. The van der Waals surface area contributed by atoms with Crippen LogP contribution in [0.3, 0.4) is 0 Å². The van der Waals surface area contributed by atoms with Crippen LogP contribution in [0, 0.1) is 11.3 Å². The van der Waals surface area contributed by atoms with Crippen LogP contribution < -0.4 is 25.4 Å². The van der Waals surface area contributed by atoms with Gasteiger partial charge in [-0.2, -0.15) is 5.26 Å². The topological polar surface area (TPSA) is 143 Å². The predicted molar refractivity (Wildman–Crippen MR) is 153 cm³/mol. The predicted octanol–water partition coefficient (Wildman–Crippen LogP) is 4.59. The molecular formula is C28H26N6O4S2. The molecular weight excluding hydrogens is 548 g/mol. The number of methoxy groups -OCH3 is 2. The number of allylic oxidation sites excluding steroid dienone is 3. The van der Waals surface area contributed by atoms with Gasteiger partial charge in [0, 0.05) is 17.7 Å². The van der Waals surface area contributed by atoms with Crippen molar-refractivity contribution in [1.29, 1.82) is 5.26 Å². The number of nitrogens with one attached hydrogen (secondary N) is 1. The second kappa shape index (κ2) is 11.8. The van der Waals surface area contributed by atoms with E-state index >= 15 is 0 Å². The average Bonchev–Trinajstić information content (AvgIpc) is 3.44. The molecule has 1 aliphatic carbocycles. The van der Waals surface area contributed by atoms with Crippen LogP contribution in [0.4, 0.5) is 10.8 Å². The number of carbonyl (C=O) groups is 2. The standard InChI is InChI=1S/C28H26N6O4S2/c1-37-17-12-10-16(11-13-17)24-18(14-29)26(30)34(20-7-5-8-21(35)25(20)24)27-32-33-28(40-27)39-15-23(36)31-19-6-3-4-9-22(19)38-2/h3-4,6,9-13,24H,5,7-8,15,30H2,1-2H3,(H,31,36). The number of hydrogen-bond acceptors (Lipinski definition) is 11. The number of amides is 1. The zero-order chi connectivity index (χ0) is 28.2. The van der Waals surface area contributed by atoms with Crippen LogP contribution in [-0.2, 0) is 9.59 Å². The number of para-hydroxylation sites is 2. The van der Waals surface area contributed by atoms with Crippen LogP contribution in [0.5, 0.6) is 11.5 Å². The Hall–Kier alpha value is -4.34. The number of ketones is 1. The van der Waals surface area contributed by atoms with E-state index in [4.69, 9.17) is 15.2 Å². The van der Waals surface area contributed by atoms with Crippen molar-refractivity contribution < 1.29 is 19.1 Å². The summed E-state index contributed by atoms with van der Waals surface area (Å²) in [5.74, 6) is 0.761. The third-order valence-electron chi connectivity index (χ3n) is 6.66. The zero-order valence-corrected chi connectivity index (χ0v) is 23.5. The molecule has 0 radical (unpaired) electrons. The van der Waals surface area contributed by atoms with Crippen LogP contribution in [0.2, 0.25) is 0 Å². The fraction of sp³-hybridized carbons (Fsp3) is 0.250. The molecule has 3 N–H and O–H groups in total. The smallest absolute Gasteiger partial charge is 0.234 e. The van der Waals surface area contributed by atoms with Gasteiger partial charge in [0.25, 0.3) is 0 Å². The minimum Gasteiger partial charge on any atom is -0.497 e. The van der Waals surface area contributed by atoms with E-state index in [1.165, 1.54) is 23.1 Å². The van der Waals surface area contributed by atoms with Gasteiger partial charge in [-0.25, -0.2) is 0 Å². The molecule has 2 aromatic carbocycles. The van der Waals surface area contributed by atoms with E-state index in [9.17, 15) is 14.9 Å². The van der Waals surface area contributed by atoms with Crippen molar-refractivity contribution in [3.63, 3.8) is 0 Å². The molecule has 3 aromatic rings. The van der Waals surface area contributed by atoms with E-state index in [2.05, 4.69) is 21.6 Å². The third kappa shape index (κ3) is 5.25. The fourth-order valence-corrected chi connectivity index (χ4v) is 6.53. The number of ether oxygens (including phenoxy) is 2. The Morgan fingerprint density at radius 1 is 1.18 bits per heavy atom. The van der Waals surface area contributed by atoms with Gasteiger partial charge in [-0.1, -0.05) is 47.4 Å². The van der Waals surface area contributed by atoms with Crippen molar-refractivity contribution in [2.45, 2.75) is 29.5 Å². The highest BCUT2D eigenvalue weighted by molar-refractivity contribution is 8.01. The molecule has 5 rings (SSSR count). The van der Waals surface area contributed by atoms with Crippen molar-refractivity contribution in [2.24, 2.45) is 5.73 Å². The summed E-state index contributed by atoms with van der Waals surface area (Å²) in [6.45, 7) is 0. The molecule has 40 heavy (non-hydrogen) atoms. The summed E-state index contributed by atoms with van der Waals surface area (Å²) < 4.78 is 11.1. The molecule has 1 unspecified atom stereocenters. The number of anilines is 2. The molecule has 0 saturated heterocycles. The van der Waals surface area contributed by atoms with Crippen LogP contribution in [0.1, 0.15) is 30.7 Å². The Kier molecular flexibility index (Phi) is 8.04. The van der Waals surface area contributed by atoms with Gasteiger partial charge in [0.2, 0.25) is 11.0 Å². The van der Waals surface area contributed by atoms with Gasteiger partial charge in [0.1, 0.15) is 17.3 Å². The number of carbonyl (C=O) groups excluding carboxylic acids is 2. The van der Waals surface area contributed by atoms with Gasteiger partial charge < -0.3 is 20.5 Å². The molecule has 0 bridgehead atoms. The summed E-state index contributed by atoms with van der Waals surface area (Å²) in [5.41, 5.74) is 9.55. The average molecular weight is 575 g/mol. The minimum atomic E-state index is -0.574. The van der Waals surface area contributed by atoms with Gasteiger partial charge in [-0.15, -0.1) is 10.2 Å². The van der Waals surface area contributed by atoms with E-state index in [1.807, 2.05) is 24.3 Å². The van der Waals surface area contributed by atoms with Crippen molar-refractivity contribution in [2.75, 3.05) is 30.2 Å². The van der Waals surface area contributed by atoms with Crippen molar-refractivity contribution >= 4 is 45.6 Å². The van der Waals surface area contributed by atoms with Crippen LogP contribution >= 0.6 is 23.1 Å². The minimum absolute atomic E-state index is 0.0144. The summed E-state index contributed by atoms with van der Waals surface area (Å²) >= 11 is 2.48. The first-order valence-corrected chi connectivity index (χ1v) is 14.2. The monoisotopic (exact) mass is 574 g/mol. The quantitative estimate of drug-likeness (QED) is 0.367. The third-order valence-corrected chi connectivity index (χ3v) is 8.70. The normalized spacial score (nSPS) is 16.9. The maximum Gasteiger partial charge on any atom is 0.234 e. The maximum absolute atomic E-state index is 13.3. The van der Waals surface area contributed by atoms with E-state index < -0.39 is 5.92 Å². The molecule has 1 aromatic heterocycles. The molecule has 0 fully saturated rings. The van der Waals surface area contributed by atoms with Crippen molar-refractivity contribution in [1.82, 2.24) is 10.2 Å². The molecule has 204 valence electrons. The molecule has 1 atom stereocenters. The number of Topliss-reactive ketones (excluding diaryl/α,β-unsaturated/α-hetero) is 1. The second-order valence-electron chi connectivity index (χ2n) is 8.98. The number of nitrogens with zero attached hydrogens (tertiary/aromatic N) is 4. The Morgan fingerprint density at radius 2 is 1.95 bits per heavy atom. The van der Waals surface area contributed by atoms with E-state index in [0.717, 1.165) is 11.3 Å². The highest BCUT2D eigenvalue weighted by Crippen LogP contribution is 2.47. The van der Waals surface area contributed by atoms with Crippen LogP contribution in [0.25, 0.3) is 0 Å². The van der Waals surface area contributed by atoms with E-state index in [-0.39, 0.29) is 28.8 Å². The molecule has 0 spiro atoms. The lowest BCUT2D eigenvalue weighted by molar-refractivity contribution is -0.116. The highest BCUT2D eigenvalue weighted by Gasteiger charge is 2.41. The lowest BCUT2D eigenvalue weighted by Gasteiger charge is -2.38. The molecule has 12 heteroatoms. The molecule has 0 saturated carbocycles. The number of benzene rings is 2. The fourth-order valence-electron chi connectivity index (χ4n) is 4.85. The Bertz CT molecular complexity index is 1560. The summed E-state index contributed by atoms with van der Waals surface area (Å²) in [5, 5.41) is 22.0. The number of thioether (sulfide) groups is 1. The van der Waals surface area contributed by atoms with Gasteiger partial charge in [0.15, 0.2) is 10.1 Å². The SMILES string of the molecule is COc1ccc(C2C(C#N)=C(N)N(c3nnc(SCC(=O)Nc4ccccc4OC)s3)C3=C2C(=O)CCC3)cc1. The van der Waals surface area contributed by atoms with Crippen molar-refractivity contribution in [3.05, 3.63) is 76.8 Å². The summed E-state index contributed by atoms with van der Waals surface area (Å²) in [6.07, 6.45) is 1.68. The first-order valence-electron chi connectivity index (χ1n) is 12.4. The molecule has 2 aliphatic rings. The Labute approximate surface area is 239 Å². The number of nitriles is 1. The molecule has 1 aliphatic heterocycles. The van der Waals surface area contributed by atoms with Gasteiger partial charge in [-0.05, 0) is 42.7 Å². The summed E-state index contributed by atoms with van der Waals surface area (Å²) in [4.78, 5) is 27.5. The Balaban J connectivity index is 1.41. The first kappa shape index (κ1) is 27.2. The van der Waals surface area contributed by atoms with Gasteiger partial charge in [0.05, 0.1) is 43.2 Å². The number of rotatable bonds is 8. The first-order chi connectivity index (χ1) is 19.4. The van der Waals surface area contributed by atoms with Crippen LogP contribution in [0.15, 0.2) is 75.5 Å². The van der Waals surface area contributed by atoms with E-state index in [1.54, 1.807) is 43.4 Å². The van der Waals surface area contributed by atoms with Crippen molar-refractivity contribution in [3.8, 4) is 17.6 Å². The second-order valence-corrected chi connectivity index (χ2v) is 11.2. The largest absolute Gasteiger partial charge is 0.497 e. The van der Waals surface area contributed by atoms with Gasteiger partial charge >= 0.3 is 0 Å².